The number of sulfonamides is 1. The lowest BCUT2D eigenvalue weighted by Gasteiger charge is -2.29. The molecular weight excluding hydrogens is 404 g/mol. The average Bonchev–Trinajstić information content (AvgIpc) is 2.75. The molecule has 0 aliphatic carbocycles. The molecule has 1 aliphatic heterocycles. The van der Waals surface area contributed by atoms with Crippen molar-refractivity contribution in [2.45, 2.75) is 31.6 Å². The zero-order valence-corrected chi connectivity index (χ0v) is 18.2. The van der Waals surface area contributed by atoms with Crippen LogP contribution in [0.4, 0.5) is 5.69 Å². The normalized spacial score (nSPS) is 15.6. The van der Waals surface area contributed by atoms with E-state index in [9.17, 15) is 18.0 Å². The molecule has 1 heterocycles. The third kappa shape index (κ3) is 4.55. The number of amides is 1. The van der Waals surface area contributed by atoms with Crippen LogP contribution in [0.25, 0.3) is 0 Å². The van der Waals surface area contributed by atoms with Gasteiger partial charge in [-0.25, -0.2) is 13.2 Å². The summed E-state index contributed by atoms with van der Waals surface area (Å²) in [4.78, 5) is 24.7. The maximum atomic E-state index is 13.0. The van der Waals surface area contributed by atoms with Crippen LogP contribution < -0.4 is 5.32 Å². The Morgan fingerprint density at radius 2 is 1.77 bits per heavy atom. The predicted molar refractivity (Wildman–Crippen MR) is 114 cm³/mol. The quantitative estimate of drug-likeness (QED) is 0.734. The molecular formula is C22H26N2O5S. The number of rotatable bonds is 5. The Morgan fingerprint density at radius 3 is 2.43 bits per heavy atom. The van der Waals surface area contributed by atoms with Crippen molar-refractivity contribution >= 4 is 27.6 Å². The first-order valence-electron chi connectivity index (χ1n) is 9.83. The minimum atomic E-state index is -3.65. The molecule has 0 unspecified atom stereocenters. The van der Waals surface area contributed by atoms with Crippen LogP contribution in [0.15, 0.2) is 47.4 Å². The number of nitrogens with one attached hydrogen (secondary N) is 1. The van der Waals surface area contributed by atoms with Crippen molar-refractivity contribution in [3.63, 3.8) is 0 Å². The number of ether oxygens (including phenoxy) is 1. The fourth-order valence-electron chi connectivity index (χ4n) is 3.47. The molecule has 160 valence electrons. The van der Waals surface area contributed by atoms with Gasteiger partial charge in [-0.15, -0.1) is 0 Å². The Kier molecular flexibility index (Phi) is 6.58. The van der Waals surface area contributed by atoms with Crippen LogP contribution in [0.5, 0.6) is 0 Å². The first kappa shape index (κ1) is 22.0. The molecule has 0 aromatic heterocycles. The second-order valence-electron chi connectivity index (χ2n) is 7.54. The number of piperidine rings is 1. The number of benzene rings is 2. The molecule has 0 radical (unpaired) electrons. The van der Waals surface area contributed by atoms with Gasteiger partial charge in [0.05, 0.1) is 17.6 Å². The van der Waals surface area contributed by atoms with Gasteiger partial charge in [0.2, 0.25) is 10.0 Å². The van der Waals surface area contributed by atoms with E-state index in [1.807, 2.05) is 0 Å². The number of methoxy groups -OCH3 is 1. The second kappa shape index (κ2) is 8.97. The second-order valence-corrected chi connectivity index (χ2v) is 9.48. The van der Waals surface area contributed by atoms with E-state index < -0.39 is 21.9 Å². The molecule has 2 aromatic rings. The predicted octanol–water partition coefficient (Wildman–Crippen LogP) is 3.45. The van der Waals surface area contributed by atoms with Crippen molar-refractivity contribution in [2.75, 3.05) is 25.5 Å². The molecule has 1 amide bonds. The lowest BCUT2D eigenvalue weighted by atomic mass is 10.0. The summed E-state index contributed by atoms with van der Waals surface area (Å²) in [5, 5.41) is 2.75. The van der Waals surface area contributed by atoms with E-state index in [1.165, 1.54) is 23.5 Å². The number of hydrogen-bond donors (Lipinski definition) is 1. The SMILES string of the molecule is COC(=O)c1cccc(NC(=O)c2cccc(S(=O)(=O)N3CCC(C)CC3)c2)c1C. The van der Waals surface area contributed by atoms with Crippen molar-refractivity contribution in [3.8, 4) is 0 Å². The molecule has 1 N–H and O–H groups in total. The number of esters is 1. The molecule has 1 saturated heterocycles. The fourth-order valence-corrected chi connectivity index (χ4v) is 4.98. The van der Waals surface area contributed by atoms with Crippen molar-refractivity contribution < 1.29 is 22.7 Å². The Morgan fingerprint density at radius 1 is 1.10 bits per heavy atom. The Hall–Kier alpha value is -2.71. The van der Waals surface area contributed by atoms with Gasteiger partial charge in [-0.3, -0.25) is 4.79 Å². The monoisotopic (exact) mass is 430 g/mol. The van der Waals surface area contributed by atoms with E-state index in [0.29, 0.717) is 35.8 Å². The summed E-state index contributed by atoms with van der Waals surface area (Å²) < 4.78 is 32.2. The van der Waals surface area contributed by atoms with Gasteiger partial charge in [0.15, 0.2) is 0 Å². The summed E-state index contributed by atoms with van der Waals surface area (Å²) in [5.74, 6) is -0.436. The molecule has 30 heavy (non-hydrogen) atoms. The van der Waals surface area contributed by atoms with Gasteiger partial charge in [-0.1, -0.05) is 19.1 Å². The molecule has 0 saturated carbocycles. The molecule has 0 atom stereocenters. The van der Waals surface area contributed by atoms with Crippen LogP contribution in [-0.4, -0.2) is 44.8 Å². The van der Waals surface area contributed by atoms with Crippen LogP contribution in [-0.2, 0) is 14.8 Å². The summed E-state index contributed by atoms with van der Waals surface area (Å²) in [6, 6.07) is 11.0. The molecule has 8 heteroatoms. The van der Waals surface area contributed by atoms with Gasteiger partial charge in [-0.2, -0.15) is 4.31 Å². The molecule has 1 aliphatic rings. The van der Waals surface area contributed by atoms with Gasteiger partial charge in [0, 0.05) is 24.3 Å². The maximum absolute atomic E-state index is 13.0. The van der Waals surface area contributed by atoms with Crippen LogP contribution in [0, 0.1) is 12.8 Å². The van der Waals surface area contributed by atoms with Crippen molar-refractivity contribution in [1.29, 1.82) is 0 Å². The summed E-state index contributed by atoms with van der Waals surface area (Å²) >= 11 is 0. The molecule has 2 aromatic carbocycles. The van der Waals surface area contributed by atoms with Crippen molar-refractivity contribution in [3.05, 3.63) is 59.2 Å². The summed E-state index contributed by atoms with van der Waals surface area (Å²) in [6.07, 6.45) is 1.66. The molecule has 0 spiro atoms. The zero-order valence-electron chi connectivity index (χ0n) is 17.3. The van der Waals surface area contributed by atoms with Crippen LogP contribution in [0.3, 0.4) is 0 Å². The van der Waals surface area contributed by atoms with Crippen molar-refractivity contribution in [2.24, 2.45) is 5.92 Å². The van der Waals surface area contributed by atoms with Gasteiger partial charge in [0.1, 0.15) is 0 Å². The third-order valence-corrected chi connectivity index (χ3v) is 7.36. The minimum Gasteiger partial charge on any atom is -0.465 e. The minimum absolute atomic E-state index is 0.102. The van der Waals surface area contributed by atoms with E-state index >= 15 is 0 Å². The van der Waals surface area contributed by atoms with Gasteiger partial charge >= 0.3 is 5.97 Å². The van der Waals surface area contributed by atoms with Gasteiger partial charge < -0.3 is 10.1 Å². The molecule has 3 rings (SSSR count). The van der Waals surface area contributed by atoms with Gasteiger partial charge in [-0.05, 0) is 61.6 Å². The maximum Gasteiger partial charge on any atom is 0.338 e. The van der Waals surface area contributed by atoms with E-state index in [0.717, 1.165) is 12.8 Å². The van der Waals surface area contributed by atoms with E-state index in [1.54, 1.807) is 37.3 Å². The molecule has 1 fully saturated rings. The topological polar surface area (TPSA) is 92.8 Å². The Bertz CT molecular complexity index is 1060. The first-order chi connectivity index (χ1) is 14.2. The highest BCUT2D eigenvalue weighted by molar-refractivity contribution is 7.89. The standard InChI is InChI=1S/C22H26N2O5S/c1-15-10-12-24(13-11-15)30(27,28)18-7-4-6-17(14-18)21(25)23-20-9-5-8-19(16(20)2)22(26)29-3/h4-9,14-15H,10-13H2,1-3H3,(H,23,25). The van der Waals surface area contributed by atoms with E-state index in [-0.39, 0.29) is 10.5 Å². The van der Waals surface area contributed by atoms with Crippen LogP contribution in [0.1, 0.15) is 46.0 Å². The summed E-state index contributed by atoms with van der Waals surface area (Å²) in [7, 11) is -2.36. The summed E-state index contributed by atoms with van der Waals surface area (Å²) in [5.41, 5.74) is 1.61. The average molecular weight is 431 g/mol. The Labute approximate surface area is 177 Å². The molecule has 7 nitrogen and oxygen atoms in total. The number of carbonyl (C=O) groups is 2. The molecule has 0 bridgehead atoms. The van der Waals surface area contributed by atoms with Crippen LogP contribution in [0.2, 0.25) is 0 Å². The van der Waals surface area contributed by atoms with Crippen molar-refractivity contribution in [1.82, 2.24) is 4.31 Å². The lowest BCUT2D eigenvalue weighted by Crippen LogP contribution is -2.37. The van der Waals surface area contributed by atoms with Gasteiger partial charge in [0.25, 0.3) is 5.91 Å². The van der Waals surface area contributed by atoms with E-state index in [4.69, 9.17) is 4.74 Å². The highest BCUT2D eigenvalue weighted by Crippen LogP contribution is 2.25. The highest BCUT2D eigenvalue weighted by atomic mass is 32.2. The third-order valence-electron chi connectivity index (χ3n) is 5.46. The van der Waals surface area contributed by atoms with E-state index in [2.05, 4.69) is 12.2 Å². The Balaban J connectivity index is 1.83. The highest BCUT2D eigenvalue weighted by Gasteiger charge is 2.28. The number of nitrogens with zero attached hydrogens (tertiary/aromatic N) is 1. The van der Waals surface area contributed by atoms with Crippen LogP contribution >= 0.6 is 0 Å². The number of anilines is 1. The fraction of sp³-hybridized carbons (Fsp3) is 0.364. The zero-order chi connectivity index (χ0) is 21.9. The summed E-state index contributed by atoms with van der Waals surface area (Å²) in [6.45, 7) is 4.80. The number of carbonyl (C=O) groups excluding carboxylic acids is 2. The number of hydrogen-bond acceptors (Lipinski definition) is 5. The largest absolute Gasteiger partial charge is 0.465 e. The first-order valence-corrected chi connectivity index (χ1v) is 11.3. The lowest BCUT2D eigenvalue weighted by molar-refractivity contribution is 0.0599. The smallest absolute Gasteiger partial charge is 0.338 e.